The van der Waals surface area contributed by atoms with Crippen LogP contribution in [-0.4, -0.2) is 51.0 Å². The van der Waals surface area contributed by atoms with E-state index in [0.29, 0.717) is 19.0 Å². The summed E-state index contributed by atoms with van der Waals surface area (Å²) in [6, 6.07) is 12.2. The molecule has 7 nitrogen and oxygen atoms in total. The molecule has 0 bridgehead atoms. The first-order chi connectivity index (χ1) is 15.4. The number of nitrogens with one attached hydrogen (secondary N) is 2. The number of nitrogens with zero attached hydrogens (tertiary/aromatic N) is 1. The lowest BCUT2D eigenvalue weighted by atomic mass is 9.89. The molecule has 0 aliphatic carbocycles. The van der Waals surface area contributed by atoms with Gasteiger partial charge in [0.1, 0.15) is 10.6 Å². The maximum absolute atomic E-state index is 12.6. The van der Waals surface area contributed by atoms with E-state index in [1.165, 1.54) is 17.7 Å². The molecule has 1 aliphatic heterocycles. The predicted octanol–water partition coefficient (Wildman–Crippen LogP) is 3.90. The normalized spacial score (nSPS) is 15.2. The van der Waals surface area contributed by atoms with Crippen molar-refractivity contribution in [1.82, 2.24) is 14.6 Å². The smallest absolute Gasteiger partial charge is 0.242 e. The van der Waals surface area contributed by atoms with Gasteiger partial charge in [0.05, 0.1) is 12.1 Å². The molecule has 0 saturated carbocycles. The van der Waals surface area contributed by atoms with Crippen LogP contribution in [0.15, 0.2) is 53.6 Å². The quantitative estimate of drug-likeness (QED) is 0.542. The van der Waals surface area contributed by atoms with Crippen LogP contribution >= 0.6 is 11.6 Å². The van der Waals surface area contributed by atoms with E-state index in [2.05, 4.69) is 15.9 Å². The van der Waals surface area contributed by atoms with Crippen LogP contribution in [0.4, 0.5) is 0 Å². The minimum Gasteiger partial charge on any atom is -0.497 e. The van der Waals surface area contributed by atoms with Gasteiger partial charge in [-0.05, 0) is 54.7 Å². The van der Waals surface area contributed by atoms with Crippen molar-refractivity contribution in [3.8, 4) is 5.75 Å². The van der Waals surface area contributed by atoms with E-state index in [1.807, 2.05) is 23.1 Å². The van der Waals surface area contributed by atoms with Crippen LogP contribution in [-0.2, 0) is 14.8 Å². The summed E-state index contributed by atoms with van der Waals surface area (Å²) in [4.78, 5) is 17.8. The van der Waals surface area contributed by atoms with E-state index in [-0.39, 0.29) is 28.8 Å². The van der Waals surface area contributed by atoms with Gasteiger partial charge < -0.3 is 14.6 Å². The van der Waals surface area contributed by atoms with Gasteiger partial charge in [0.15, 0.2) is 0 Å². The molecule has 0 radical (unpaired) electrons. The van der Waals surface area contributed by atoms with E-state index in [9.17, 15) is 13.2 Å². The van der Waals surface area contributed by atoms with Crippen molar-refractivity contribution in [3.05, 3.63) is 59.2 Å². The van der Waals surface area contributed by atoms with Crippen molar-refractivity contribution in [1.29, 1.82) is 0 Å². The molecular formula is C23H26ClN3O4S. The number of aromatic nitrogens is 1. The second kappa shape index (κ2) is 9.52. The van der Waals surface area contributed by atoms with Crippen LogP contribution in [0.3, 0.4) is 0 Å². The topological polar surface area (TPSA) is 91.5 Å². The number of carbonyl (C=O) groups is 1. The highest BCUT2D eigenvalue weighted by Crippen LogP contribution is 2.34. The number of carbonyl (C=O) groups excluding carboxylic acids is 1. The average Bonchev–Trinajstić information content (AvgIpc) is 3.22. The summed E-state index contributed by atoms with van der Waals surface area (Å²) < 4.78 is 32.6. The summed E-state index contributed by atoms with van der Waals surface area (Å²) in [5.74, 6) is 1.13. The van der Waals surface area contributed by atoms with Gasteiger partial charge >= 0.3 is 0 Å². The molecule has 1 saturated heterocycles. The van der Waals surface area contributed by atoms with Crippen molar-refractivity contribution < 1.29 is 17.9 Å². The Balaban J connectivity index is 1.31. The zero-order valence-electron chi connectivity index (χ0n) is 17.8. The lowest BCUT2D eigenvalue weighted by molar-refractivity contribution is -0.132. The Morgan fingerprint density at radius 3 is 2.69 bits per heavy atom. The molecule has 2 aromatic carbocycles. The van der Waals surface area contributed by atoms with E-state index in [4.69, 9.17) is 16.3 Å². The van der Waals surface area contributed by atoms with Crippen LogP contribution in [0.25, 0.3) is 10.9 Å². The third-order valence-corrected chi connectivity index (χ3v) is 7.93. The molecule has 170 valence electrons. The number of rotatable bonds is 7. The molecule has 1 aliphatic rings. The minimum atomic E-state index is -3.75. The minimum absolute atomic E-state index is 0.0188. The number of sulfonamides is 1. The highest BCUT2D eigenvalue weighted by Gasteiger charge is 2.26. The molecule has 9 heteroatoms. The van der Waals surface area contributed by atoms with Gasteiger partial charge in [-0.15, -0.1) is 0 Å². The van der Waals surface area contributed by atoms with Crippen molar-refractivity contribution in [2.24, 2.45) is 0 Å². The molecule has 3 aromatic rings. The number of methoxy groups -OCH3 is 1. The Labute approximate surface area is 192 Å². The molecular weight excluding hydrogens is 450 g/mol. The second-order valence-electron chi connectivity index (χ2n) is 7.89. The Morgan fingerprint density at radius 1 is 1.22 bits per heavy atom. The standard InChI is InChI=1S/C23H26ClN3O4S/c1-31-17-6-7-21-18(14-17)19(15-25-21)16-9-12-27(13-10-16)23(28)8-11-26-32(29,30)22-5-3-2-4-20(22)24/h2-7,14-16,25-26H,8-13H2,1H3. The Bertz CT molecular complexity index is 1220. The number of H-pyrrole nitrogens is 1. The Morgan fingerprint density at radius 2 is 1.97 bits per heavy atom. The zero-order chi connectivity index (χ0) is 22.7. The largest absolute Gasteiger partial charge is 0.497 e. The first-order valence-electron chi connectivity index (χ1n) is 10.6. The van der Waals surface area contributed by atoms with E-state index in [0.717, 1.165) is 29.5 Å². The fourth-order valence-electron chi connectivity index (χ4n) is 4.22. The van der Waals surface area contributed by atoms with Gasteiger partial charge in [-0.25, -0.2) is 13.1 Å². The van der Waals surface area contributed by atoms with Gasteiger partial charge in [0.25, 0.3) is 0 Å². The van der Waals surface area contributed by atoms with Crippen LogP contribution in [0, 0.1) is 0 Å². The maximum atomic E-state index is 12.6. The summed E-state index contributed by atoms with van der Waals surface area (Å²) >= 11 is 5.98. The van der Waals surface area contributed by atoms with Crippen molar-refractivity contribution >= 4 is 38.4 Å². The number of hydrogen-bond acceptors (Lipinski definition) is 4. The fraction of sp³-hybridized carbons (Fsp3) is 0.348. The Hall–Kier alpha value is -2.55. The molecule has 4 rings (SSSR count). The van der Waals surface area contributed by atoms with Crippen LogP contribution < -0.4 is 9.46 Å². The molecule has 0 spiro atoms. The maximum Gasteiger partial charge on any atom is 0.242 e. The van der Waals surface area contributed by atoms with Crippen molar-refractivity contribution in [3.63, 3.8) is 0 Å². The average molecular weight is 476 g/mol. The molecule has 0 atom stereocenters. The SMILES string of the molecule is COc1ccc2[nH]cc(C3CCN(C(=O)CCNS(=O)(=O)c4ccccc4Cl)CC3)c2c1. The summed E-state index contributed by atoms with van der Waals surface area (Å²) in [6.45, 7) is 1.34. The zero-order valence-corrected chi connectivity index (χ0v) is 19.4. The van der Waals surface area contributed by atoms with Crippen LogP contribution in [0.1, 0.15) is 30.7 Å². The van der Waals surface area contributed by atoms with Gasteiger partial charge in [-0.3, -0.25) is 4.79 Å². The number of fused-ring (bicyclic) bond motifs is 1. The van der Waals surface area contributed by atoms with Crippen LogP contribution in [0.2, 0.25) is 5.02 Å². The Kier molecular flexibility index (Phi) is 6.74. The molecule has 1 aromatic heterocycles. The molecule has 0 unspecified atom stereocenters. The highest BCUT2D eigenvalue weighted by molar-refractivity contribution is 7.89. The van der Waals surface area contributed by atoms with Gasteiger partial charge in [0, 0.05) is 43.2 Å². The lowest BCUT2D eigenvalue weighted by Crippen LogP contribution is -2.39. The predicted molar refractivity (Wildman–Crippen MR) is 125 cm³/mol. The van der Waals surface area contributed by atoms with Gasteiger partial charge in [0.2, 0.25) is 15.9 Å². The lowest BCUT2D eigenvalue weighted by Gasteiger charge is -2.32. The fourth-order valence-corrected chi connectivity index (χ4v) is 5.77. The summed E-state index contributed by atoms with van der Waals surface area (Å²) in [6.07, 6.45) is 3.89. The number of hydrogen-bond donors (Lipinski definition) is 2. The third kappa shape index (κ3) is 4.77. The van der Waals surface area contributed by atoms with Crippen LogP contribution in [0.5, 0.6) is 5.75 Å². The molecule has 1 amide bonds. The second-order valence-corrected chi connectivity index (χ2v) is 10.0. The molecule has 32 heavy (non-hydrogen) atoms. The van der Waals surface area contributed by atoms with Gasteiger partial charge in [-0.1, -0.05) is 23.7 Å². The number of amides is 1. The summed E-state index contributed by atoms with van der Waals surface area (Å²) in [5, 5.41) is 1.31. The van der Waals surface area contributed by atoms with E-state index < -0.39 is 10.0 Å². The number of benzene rings is 2. The third-order valence-electron chi connectivity index (χ3n) is 5.97. The van der Waals surface area contributed by atoms with E-state index >= 15 is 0 Å². The number of likely N-dealkylation sites (tertiary alicyclic amines) is 1. The monoisotopic (exact) mass is 475 g/mol. The molecule has 1 fully saturated rings. The first kappa shape index (κ1) is 22.6. The van der Waals surface area contributed by atoms with E-state index in [1.54, 1.807) is 19.2 Å². The number of aromatic amines is 1. The van der Waals surface area contributed by atoms with Crippen molar-refractivity contribution in [2.45, 2.75) is 30.1 Å². The molecule has 2 N–H and O–H groups in total. The number of halogens is 1. The molecule has 2 heterocycles. The summed E-state index contributed by atoms with van der Waals surface area (Å²) in [7, 11) is -2.09. The summed E-state index contributed by atoms with van der Waals surface area (Å²) in [5.41, 5.74) is 2.32. The first-order valence-corrected chi connectivity index (χ1v) is 12.4. The van der Waals surface area contributed by atoms with Crippen molar-refractivity contribution in [2.75, 3.05) is 26.7 Å². The number of ether oxygens (including phenoxy) is 1. The van der Waals surface area contributed by atoms with Gasteiger partial charge in [-0.2, -0.15) is 0 Å². The number of piperidine rings is 1. The highest BCUT2D eigenvalue weighted by atomic mass is 35.5.